The molecule has 0 atom stereocenters. The van der Waals surface area contributed by atoms with Crippen molar-refractivity contribution in [3.05, 3.63) is 243 Å². The Morgan fingerprint density at radius 2 is 0.889 bits per heavy atom. The van der Waals surface area contributed by atoms with Crippen LogP contribution in [0, 0.1) is 0 Å². The van der Waals surface area contributed by atoms with Gasteiger partial charge in [-0.25, -0.2) is 0 Å². The van der Waals surface area contributed by atoms with E-state index in [2.05, 4.69) is 246 Å². The van der Waals surface area contributed by atoms with Crippen LogP contribution in [0.3, 0.4) is 0 Å². The van der Waals surface area contributed by atoms with Crippen molar-refractivity contribution >= 4 is 60.8 Å². The number of rotatable bonds is 8. The average Bonchev–Trinajstić information content (AvgIpc) is 3.91. The predicted molar refractivity (Wildman–Crippen MR) is 264 cm³/mol. The molecule has 2 heterocycles. The third kappa shape index (κ3) is 6.21. The molecule has 0 radical (unpaired) electrons. The normalized spacial score (nSPS) is 11.5. The van der Waals surface area contributed by atoms with Gasteiger partial charge < -0.3 is 13.9 Å². The molecule has 12 rings (SSSR count). The third-order valence-corrected chi connectivity index (χ3v) is 12.4. The van der Waals surface area contributed by atoms with Crippen LogP contribution in [0.1, 0.15) is 0 Å². The number of aromatic nitrogens is 1. The van der Waals surface area contributed by atoms with Gasteiger partial charge in [0.2, 0.25) is 0 Å². The molecule has 10 aromatic carbocycles. The lowest BCUT2D eigenvalue weighted by molar-refractivity contribution is 0.670. The van der Waals surface area contributed by atoms with Crippen LogP contribution in [0.15, 0.2) is 247 Å². The first kappa shape index (κ1) is 36.5. The van der Waals surface area contributed by atoms with Gasteiger partial charge >= 0.3 is 0 Å². The molecule has 3 nitrogen and oxygen atoms in total. The fourth-order valence-electron chi connectivity index (χ4n) is 9.57. The fraction of sp³-hybridized carbons (Fsp3) is 0. The van der Waals surface area contributed by atoms with Gasteiger partial charge in [-0.1, -0.05) is 182 Å². The van der Waals surface area contributed by atoms with Gasteiger partial charge in [0.25, 0.3) is 0 Å². The Hall–Kier alpha value is -8.40. The van der Waals surface area contributed by atoms with E-state index < -0.39 is 0 Å². The summed E-state index contributed by atoms with van der Waals surface area (Å²) < 4.78 is 9.14. The topological polar surface area (TPSA) is 21.3 Å². The van der Waals surface area contributed by atoms with Crippen LogP contribution >= 0.6 is 0 Å². The minimum atomic E-state index is 0.884. The molecule has 0 aliphatic rings. The van der Waals surface area contributed by atoms with Crippen molar-refractivity contribution in [2.75, 3.05) is 4.90 Å². The summed E-state index contributed by atoms with van der Waals surface area (Å²) in [6.07, 6.45) is 0. The highest BCUT2D eigenvalue weighted by atomic mass is 16.3. The molecular formula is C60H40N2O. The van der Waals surface area contributed by atoms with Crippen LogP contribution in [-0.4, -0.2) is 4.57 Å². The number of benzene rings is 10. The summed E-state index contributed by atoms with van der Waals surface area (Å²) in [5.74, 6) is 0. The zero-order valence-corrected chi connectivity index (χ0v) is 34.4. The minimum Gasteiger partial charge on any atom is -0.455 e. The summed E-state index contributed by atoms with van der Waals surface area (Å²) in [7, 11) is 0. The third-order valence-electron chi connectivity index (χ3n) is 12.4. The van der Waals surface area contributed by atoms with Crippen LogP contribution in [-0.2, 0) is 0 Å². The second-order valence-corrected chi connectivity index (χ2v) is 16.0. The van der Waals surface area contributed by atoms with Crippen molar-refractivity contribution in [3.63, 3.8) is 0 Å². The van der Waals surface area contributed by atoms with Crippen LogP contribution in [0.4, 0.5) is 17.1 Å². The molecule has 3 heteroatoms. The molecule has 63 heavy (non-hydrogen) atoms. The Morgan fingerprint density at radius 1 is 0.333 bits per heavy atom. The molecule has 12 aromatic rings. The number of anilines is 3. The molecule has 0 saturated heterocycles. The second kappa shape index (κ2) is 15.3. The van der Waals surface area contributed by atoms with Crippen molar-refractivity contribution in [3.8, 4) is 50.2 Å². The maximum atomic E-state index is 6.76. The first-order valence-electron chi connectivity index (χ1n) is 21.5. The molecule has 0 N–H and O–H groups in total. The van der Waals surface area contributed by atoms with E-state index in [0.717, 1.165) is 89.2 Å². The van der Waals surface area contributed by atoms with Gasteiger partial charge in [-0.05, 0) is 88.5 Å². The Kier molecular flexibility index (Phi) is 8.83. The SMILES string of the molecule is c1ccc(-c2ccccc2N(c2ccc(-c3cccc(-n4c5ccccc5c5ccccc54)c3)cc2)c2ccccc2-c2ccc3c(oc4ccccc43)c2-c2ccccc2)cc1. The molecule has 0 bridgehead atoms. The number of fused-ring (bicyclic) bond motifs is 6. The monoisotopic (exact) mass is 804 g/mol. The lowest BCUT2D eigenvalue weighted by Gasteiger charge is -2.30. The Labute approximate surface area is 366 Å². The molecule has 0 spiro atoms. The fourth-order valence-corrected chi connectivity index (χ4v) is 9.57. The summed E-state index contributed by atoms with van der Waals surface area (Å²) in [6, 6.07) is 87.0. The van der Waals surface area contributed by atoms with Crippen molar-refractivity contribution in [1.82, 2.24) is 4.57 Å². The molecule has 0 fully saturated rings. The van der Waals surface area contributed by atoms with E-state index in [-0.39, 0.29) is 0 Å². The van der Waals surface area contributed by atoms with E-state index in [1.54, 1.807) is 0 Å². The minimum absolute atomic E-state index is 0.884. The van der Waals surface area contributed by atoms with E-state index in [9.17, 15) is 0 Å². The quantitative estimate of drug-likeness (QED) is 0.153. The van der Waals surface area contributed by atoms with Gasteiger partial charge in [0, 0.05) is 49.6 Å². The van der Waals surface area contributed by atoms with E-state index in [0.29, 0.717) is 0 Å². The molecule has 0 amide bonds. The zero-order chi connectivity index (χ0) is 41.7. The van der Waals surface area contributed by atoms with Crippen molar-refractivity contribution in [2.24, 2.45) is 0 Å². The maximum absolute atomic E-state index is 6.76. The smallest absolute Gasteiger partial charge is 0.143 e. The molecule has 2 aromatic heterocycles. The number of para-hydroxylation sites is 5. The van der Waals surface area contributed by atoms with Crippen molar-refractivity contribution < 1.29 is 4.42 Å². The highest BCUT2D eigenvalue weighted by Crippen LogP contribution is 2.49. The van der Waals surface area contributed by atoms with Crippen molar-refractivity contribution in [2.45, 2.75) is 0 Å². The average molecular weight is 805 g/mol. The second-order valence-electron chi connectivity index (χ2n) is 16.0. The van der Waals surface area contributed by atoms with E-state index in [1.165, 1.54) is 21.8 Å². The van der Waals surface area contributed by atoms with Crippen molar-refractivity contribution in [1.29, 1.82) is 0 Å². The number of furan rings is 1. The first-order chi connectivity index (χ1) is 31.3. The molecule has 0 saturated carbocycles. The summed E-state index contributed by atoms with van der Waals surface area (Å²) in [5.41, 5.74) is 17.5. The summed E-state index contributed by atoms with van der Waals surface area (Å²) >= 11 is 0. The summed E-state index contributed by atoms with van der Waals surface area (Å²) in [4.78, 5) is 2.42. The zero-order valence-electron chi connectivity index (χ0n) is 34.4. The Bertz CT molecular complexity index is 3570. The summed E-state index contributed by atoms with van der Waals surface area (Å²) in [6.45, 7) is 0. The molecule has 0 aliphatic carbocycles. The van der Waals surface area contributed by atoms with Gasteiger partial charge in [-0.15, -0.1) is 0 Å². The van der Waals surface area contributed by atoms with Gasteiger partial charge in [0.15, 0.2) is 0 Å². The lowest BCUT2D eigenvalue weighted by Crippen LogP contribution is -2.12. The largest absolute Gasteiger partial charge is 0.455 e. The number of nitrogens with zero attached hydrogens (tertiary/aromatic N) is 2. The summed E-state index contributed by atoms with van der Waals surface area (Å²) in [5, 5.41) is 4.73. The number of hydrogen-bond acceptors (Lipinski definition) is 2. The molecule has 0 unspecified atom stereocenters. The van der Waals surface area contributed by atoms with Crippen LogP contribution in [0.25, 0.3) is 93.9 Å². The van der Waals surface area contributed by atoms with Crippen LogP contribution < -0.4 is 4.90 Å². The van der Waals surface area contributed by atoms with E-state index >= 15 is 0 Å². The van der Waals surface area contributed by atoms with E-state index in [1.807, 2.05) is 6.07 Å². The standard InChI is InChI=1S/C60H40N2O/c1-3-18-42(19-4-1)47-24-7-12-29-54(47)61(45-36-34-41(35-37-45)44-22-17-23-46(40-44)62-55-30-13-8-25-48(55)49-26-9-14-31-56(49)62)57-32-15-10-27-50(57)52-38-39-53-51-28-11-16-33-58(51)63-60(53)59(52)43-20-5-2-6-21-43/h1-40H. The maximum Gasteiger partial charge on any atom is 0.143 e. The molecule has 0 aliphatic heterocycles. The highest BCUT2D eigenvalue weighted by molar-refractivity contribution is 6.14. The first-order valence-corrected chi connectivity index (χ1v) is 21.5. The Morgan fingerprint density at radius 3 is 1.60 bits per heavy atom. The van der Waals surface area contributed by atoms with Gasteiger partial charge in [0.05, 0.1) is 22.4 Å². The van der Waals surface area contributed by atoms with Crippen LogP contribution in [0.2, 0.25) is 0 Å². The number of hydrogen-bond donors (Lipinski definition) is 0. The molecular weight excluding hydrogens is 765 g/mol. The lowest BCUT2D eigenvalue weighted by atomic mass is 9.91. The molecule has 296 valence electrons. The van der Waals surface area contributed by atoms with Gasteiger partial charge in [0.1, 0.15) is 11.2 Å². The van der Waals surface area contributed by atoms with Gasteiger partial charge in [-0.3, -0.25) is 0 Å². The van der Waals surface area contributed by atoms with Crippen LogP contribution in [0.5, 0.6) is 0 Å². The van der Waals surface area contributed by atoms with Gasteiger partial charge in [-0.2, -0.15) is 0 Å². The predicted octanol–water partition coefficient (Wildman–Crippen LogP) is 16.8. The Balaban J connectivity index is 1.04. The van der Waals surface area contributed by atoms with E-state index in [4.69, 9.17) is 4.42 Å². The highest BCUT2D eigenvalue weighted by Gasteiger charge is 2.24.